The van der Waals surface area contributed by atoms with Gasteiger partial charge in [0.25, 0.3) is 0 Å². The molecule has 0 aliphatic heterocycles. The Balaban J connectivity index is 2.08. The van der Waals surface area contributed by atoms with E-state index in [1.807, 2.05) is 24.3 Å². The molecule has 104 valence electrons. The second-order valence-electron chi connectivity index (χ2n) is 4.24. The standard InChI is InChI=1S/C14H15N3O2S/c1-3-10-4-6-11(7-5-10)8-15-16-13-12(14(18)19)9(2)17-20-13/h4-8,16H,3H2,1-2H3,(H,18,19). The van der Waals surface area contributed by atoms with Gasteiger partial charge in [0.15, 0.2) is 0 Å². The van der Waals surface area contributed by atoms with Gasteiger partial charge in [0.1, 0.15) is 10.6 Å². The van der Waals surface area contributed by atoms with Crippen LogP contribution in [0.4, 0.5) is 5.00 Å². The van der Waals surface area contributed by atoms with Gasteiger partial charge in [-0.2, -0.15) is 9.47 Å². The van der Waals surface area contributed by atoms with Crippen LogP contribution in [0.25, 0.3) is 0 Å². The van der Waals surface area contributed by atoms with Gasteiger partial charge in [0.05, 0.1) is 11.9 Å². The van der Waals surface area contributed by atoms with Crippen molar-refractivity contribution in [2.75, 3.05) is 5.43 Å². The maximum atomic E-state index is 11.1. The number of rotatable bonds is 5. The van der Waals surface area contributed by atoms with Crippen LogP contribution in [0.15, 0.2) is 29.4 Å². The molecule has 1 aromatic heterocycles. The molecule has 6 heteroatoms. The smallest absolute Gasteiger partial charge is 0.340 e. The van der Waals surface area contributed by atoms with E-state index in [-0.39, 0.29) is 5.56 Å². The highest BCUT2D eigenvalue weighted by Crippen LogP contribution is 2.24. The fraction of sp³-hybridized carbons (Fsp3) is 0.214. The molecule has 0 spiro atoms. The SMILES string of the molecule is CCc1ccc(C=NNc2snc(C)c2C(=O)O)cc1. The van der Waals surface area contributed by atoms with Gasteiger partial charge in [-0.05, 0) is 36.0 Å². The minimum atomic E-state index is -0.999. The molecule has 1 aromatic carbocycles. The van der Waals surface area contributed by atoms with Crippen molar-refractivity contribution in [1.82, 2.24) is 4.37 Å². The fourth-order valence-corrected chi connectivity index (χ4v) is 2.44. The lowest BCUT2D eigenvalue weighted by molar-refractivity contribution is 0.0697. The highest BCUT2D eigenvalue weighted by atomic mass is 32.1. The van der Waals surface area contributed by atoms with Crippen LogP contribution in [0.1, 0.15) is 34.1 Å². The molecule has 0 atom stereocenters. The first-order chi connectivity index (χ1) is 9.61. The fourth-order valence-electron chi connectivity index (χ4n) is 1.70. The Morgan fingerprint density at radius 2 is 2.15 bits per heavy atom. The summed E-state index contributed by atoms with van der Waals surface area (Å²) in [6, 6.07) is 8.03. The summed E-state index contributed by atoms with van der Waals surface area (Å²) in [5.41, 5.74) is 5.62. The Kier molecular flexibility index (Phi) is 4.47. The van der Waals surface area contributed by atoms with E-state index in [1.54, 1.807) is 13.1 Å². The molecule has 0 saturated carbocycles. The predicted octanol–water partition coefficient (Wildman–Crippen LogP) is 3.16. The molecule has 2 aromatic rings. The number of aromatic nitrogens is 1. The minimum Gasteiger partial charge on any atom is -0.478 e. The van der Waals surface area contributed by atoms with Gasteiger partial charge in [-0.15, -0.1) is 0 Å². The Bertz CT molecular complexity index is 632. The number of carbonyl (C=O) groups is 1. The lowest BCUT2D eigenvalue weighted by atomic mass is 10.1. The quantitative estimate of drug-likeness (QED) is 0.655. The van der Waals surface area contributed by atoms with Crippen LogP contribution in [0, 0.1) is 6.92 Å². The summed E-state index contributed by atoms with van der Waals surface area (Å²) in [6.07, 6.45) is 2.65. The van der Waals surface area contributed by atoms with Crippen LogP contribution in [-0.4, -0.2) is 21.7 Å². The van der Waals surface area contributed by atoms with Crippen molar-refractivity contribution in [3.8, 4) is 0 Å². The summed E-state index contributed by atoms with van der Waals surface area (Å²) >= 11 is 1.09. The number of anilines is 1. The number of hydrogen-bond donors (Lipinski definition) is 2. The number of aromatic carboxylic acids is 1. The molecule has 1 heterocycles. The number of nitrogens with one attached hydrogen (secondary N) is 1. The number of benzene rings is 1. The lowest BCUT2D eigenvalue weighted by Crippen LogP contribution is -2.01. The van der Waals surface area contributed by atoms with Gasteiger partial charge >= 0.3 is 5.97 Å². The zero-order valence-electron chi connectivity index (χ0n) is 11.3. The first-order valence-corrected chi connectivity index (χ1v) is 6.96. The summed E-state index contributed by atoms with van der Waals surface area (Å²) in [5.74, 6) is -0.999. The molecule has 0 radical (unpaired) electrons. The van der Waals surface area contributed by atoms with Gasteiger partial charge in [-0.25, -0.2) is 4.79 Å². The number of aryl methyl sites for hydroxylation is 2. The summed E-state index contributed by atoms with van der Waals surface area (Å²) < 4.78 is 4.01. The summed E-state index contributed by atoms with van der Waals surface area (Å²) in [4.78, 5) is 11.1. The maximum Gasteiger partial charge on any atom is 0.340 e. The first kappa shape index (κ1) is 14.2. The number of hydrogen-bond acceptors (Lipinski definition) is 5. The molecule has 20 heavy (non-hydrogen) atoms. The summed E-state index contributed by atoms with van der Waals surface area (Å²) in [5, 5.41) is 13.6. The monoisotopic (exact) mass is 289 g/mol. The molecule has 0 unspecified atom stereocenters. The molecular weight excluding hydrogens is 274 g/mol. The molecule has 0 aliphatic carbocycles. The Morgan fingerprint density at radius 1 is 1.45 bits per heavy atom. The first-order valence-electron chi connectivity index (χ1n) is 6.19. The van der Waals surface area contributed by atoms with E-state index in [1.165, 1.54) is 5.56 Å². The predicted molar refractivity (Wildman–Crippen MR) is 80.8 cm³/mol. The number of carboxylic acid groups (broad SMARTS) is 1. The zero-order chi connectivity index (χ0) is 14.5. The van der Waals surface area contributed by atoms with Gasteiger partial charge in [-0.3, -0.25) is 5.43 Å². The minimum absolute atomic E-state index is 0.175. The highest BCUT2D eigenvalue weighted by Gasteiger charge is 2.16. The molecular formula is C14H15N3O2S. The van der Waals surface area contributed by atoms with Crippen molar-refractivity contribution >= 4 is 28.7 Å². The van der Waals surface area contributed by atoms with Crippen LogP contribution < -0.4 is 5.43 Å². The molecule has 0 amide bonds. The van der Waals surface area contributed by atoms with Gasteiger partial charge in [0.2, 0.25) is 0 Å². The van der Waals surface area contributed by atoms with E-state index in [2.05, 4.69) is 21.8 Å². The van der Waals surface area contributed by atoms with E-state index in [9.17, 15) is 4.79 Å². The lowest BCUT2D eigenvalue weighted by Gasteiger charge is -1.99. The van der Waals surface area contributed by atoms with E-state index in [4.69, 9.17) is 5.11 Å². The van der Waals surface area contributed by atoms with Crippen LogP contribution in [-0.2, 0) is 6.42 Å². The number of carboxylic acids is 1. The normalized spacial score (nSPS) is 10.9. The van der Waals surface area contributed by atoms with Crippen LogP contribution >= 0.6 is 11.5 Å². The Labute approximate surface area is 121 Å². The summed E-state index contributed by atoms with van der Waals surface area (Å²) in [6.45, 7) is 3.77. The van der Waals surface area contributed by atoms with Crippen molar-refractivity contribution in [2.45, 2.75) is 20.3 Å². The van der Waals surface area contributed by atoms with Crippen molar-refractivity contribution < 1.29 is 9.90 Å². The molecule has 2 N–H and O–H groups in total. The number of nitrogens with zero attached hydrogens (tertiary/aromatic N) is 2. The van der Waals surface area contributed by atoms with Gasteiger partial charge < -0.3 is 5.11 Å². The molecule has 5 nitrogen and oxygen atoms in total. The Hall–Kier alpha value is -2.21. The maximum absolute atomic E-state index is 11.1. The van der Waals surface area contributed by atoms with E-state index in [0.717, 1.165) is 23.5 Å². The average Bonchev–Trinajstić information content (AvgIpc) is 2.81. The van der Waals surface area contributed by atoms with Crippen LogP contribution in [0.5, 0.6) is 0 Å². The number of hydrazone groups is 1. The van der Waals surface area contributed by atoms with Gasteiger partial charge in [-0.1, -0.05) is 31.2 Å². The largest absolute Gasteiger partial charge is 0.478 e. The van der Waals surface area contributed by atoms with E-state index < -0.39 is 5.97 Å². The van der Waals surface area contributed by atoms with Crippen LogP contribution in [0.2, 0.25) is 0 Å². The van der Waals surface area contributed by atoms with Crippen molar-refractivity contribution in [1.29, 1.82) is 0 Å². The van der Waals surface area contributed by atoms with Crippen molar-refractivity contribution in [2.24, 2.45) is 5.10 Å². The highest BCUT2D eigenvalue weighted by molar-refractivity contribution is 7.10. The zero-order valence-corrected chi connectivity index (χ0v) is 12.1. The average molecular weight is 289 g/mol. The molecule has 0 aliphatic rings. The third-order valence-corrected chi connectivity index (χ3v) is 3.69. The van der Waals surface area contributed by atoms with Crippen molar-refractivity contribution in [3.63, 3.8) is 0 Å². The van der Waals surface area contributed by atoms with Crippen molar-refractivity contribution in [3.05, 3.63) is 46.6 Å². The molecule has 0 fully saturated rings. The Morgan fingerprint density at radius 3 is 2.75 bits per heavy atom. The van der Waals surface area contributed by atoms with E-state index >= 15 is 0 Å². The second-order valence-corrected chi connectivity index (χ2v) is 5.02. The third kappa shape index (κ3) is 3.21. The van der Waals surface area contributed by atoms with Gasteiger partial charge in [0, 0.05) is 0 Å². The van der Waals surface area contributed by atoms with E-state index in [0.29, 0.717) is 10.7 Å². The molecule has 2 rings (SSSR count). The topological polar surface area (TPSA) is 74.6 Å². The summed E-state index contributed by atoms with van der Waals surface area (Å²) in [7, 11) is 0. The van der Waals surface area contributed by atoms with Crippen LogP contribution in [0.3, 0.4) is 0 Å². The molecule has 0 saturated heterocycles. The molecule has 0 bridgehead atoms. The third-order valence-electron chi connectivity index (χ3n) is 2.84. The second kappa shape index (κ2) is 6.29.